The zero-order chi connectivity index (χ0) is 15.2. The van der Waals surface area contributed by atoms with Crippen LogP contribution in [0.5, 0.6) is 0 Å². The number of hydrogen-bond donors (Lipinski definition) is 2. The molecule has 0 unspecified atom stereocenters. The molecule has 3 nitrogen and oxygen atoms in total. The Morgan fingerprint density at radius 1 is 1.10 bits per heavy atom. The van der Waals surface area contributed by atoms with E-state index in [0.29, 0.717) is 12.3 Å². The highest BCUT2D eigenvalue weighted by Gasteiger charge is 2.14. The minimum Gasteiger partial charge on any atom is -0.325 e. The summed E-state index contributed by atoms with van der Waals surface area (Å²) in [6.45, 7) is 4.25. The van der Waals surface area contributed by atoms with Crippen molar-refractivity contribution in [1.29, 1.82) is 0 Å². The van der Waals surface area contributed by atoms with Crippen LogP contribution >= 0.6 is 0 Å². The fourth-order valence-electron chi connectivity index (χ4n) is 2.17. The van der Waals surface area contributed by atoms with E-state index in [9.17, 15) is 4.79 Å². The van der Waals surface area contributed by atoms with Gasteiger partial charge in [0.05, 0.1) is 6.04 Å². The van der Waals surface area contributed by atoms with Gasteiger partial charge in [0.1, 0.15) is 0 Å². The predicted molar refractivity (Wildman–Crippen MR) is 87.3 cm³/mol. The fourth-order valence-corrected chi connectivity index (χ4v) is 2.17. The maximum Gasteiger partial charge on any atom is 0.241 e. The van der Waals surface area contributed by atoms with Crippen LogP contribution in [-0.4, -0.2) is 11.9 Å². The van der Waals surface area contributed by atoms with Gasteiger partial charge in [0.25, 0.3) is 0 Å². The molecule has 2 aromatic carbocycles. The molecule has 0 aromatic heterocycles. The molecule has 0 aliphatic carbocycles. The van der Waals surface area contributed by atoms with Crippen molar-refractivity contribution in [2.24, 2.45) is 5.73 Å². The number of amides is 1. The van der Waals surface area contributed by atoms with Crippen molar-refractivity contribution < 1.29 is 4.79 Å². The summed E-state index contributed by atoms with van der Waals surface area (Å²) in [5.41, 5.74) is 9.05. The third-order valence-corrected chi connectivity index (χ3v) is 3.46. The van der Waals surface area contributed by atoms with Crippen molar-refractivity contribution in [2.75, 3.05) is 5.32 Å². The first-order valence-corrected chi connectivity index (χ1v) is 7.26. The minimum absolute atomic E-state index is 0.153. The Bertz CT molecular complexity index is 593. The molecule has 0 heterocycles. The van der Waals surface area contributed by atoms with E-state index >= 15 is 0 Å². The minimum atomic E-state index is -0.546. The number of rotatable bonds is 5. The maximum absolute atomic E-state index is 12.2. The average Bonchev–Trinajstić information content (AvgIpc) is 2.48. The topological polar surface area (TPSA) is 55.1 Å². The van der Waals surface area contributed by atoms with E-state index in [2.05, 4.69) is 25.2 Å². The zero-order valence-electron chi connectivity index (χ0n) is 12.5. The van der Waals surface area contributed by atoms with Crippen molar-refractivity contribution in [3.05, 3.63) is 65.7 Å². The smallest absolute Gasteiger partial charge is 0.241 e. The third-order valence-electron chi connectivity index (χ3n) is 3.46. The van der Waals surface area contributed by atoms with Crippen molar-refractivity contribution in [3.63, 3.8) is 0 Å². The van der Waals surface area contributed by atoms with E-state index in [1.807, 2.05) is 48.5 Å². The van der Waals surface area contributed by atoms with Gasteiger partial charge in [-0.1, -0.05) is 56.3 Å². The van der Waals surface area contributed by atoms with Crippen LogP contribution in [0, 0.1) is 0 Å². The normalized spacial score (nSPS) is 12.2. The molecule has 0 bridgehead atoms. The van der Waals surface area contributed by atoms with Crippen molar-refractivity contribution in [1.82, 2.24) is 0 Å². The van der Waals surface area contributed by atoms with Gasteiger partial charge in [0.2, 0.25) is 5.91 Å². The molecule has 0 spiro atoms. The number of nitrogens with one attached hydrogen (secondary N) is 1. The summed E-state index contributed by atoms with van der Waals surface area (Å²) in [6, 6.07) is 17.2. The molecule has 0 saturated heterocycles. The molecule has 3 N–H and O–H groups in total. The second kappa shape index (κ2) is 7.04. The number of hydrogen-bond acceptors (Lipinski definition) is 2. The summed E-state index contributed by atoms with van der Waals surface area (Å²) >= 11 is 0. The highest BCUT2D eigenvalue weighted by Crippen LogP contribution is 2.18. The van der Waals surface area contributed by atoms with Gasteiger partial charge in [-0.25, -0.2) is 0 Å². The number of carbonyl (C=O) groups excluding carboxylic acids is 1. The van der Waals surface area contributed by atoms with Gasteiger partial charge in [0.15, 0.2) is 0 Å². The summed E-state index contributed by atoms with van der Waals surface area (Å²) < 4.78 is 0. The Labute approximate surface area is 126 Å². The Kier molecular flexibility index (Phi) is 5.12. The number of carbonyl (C=O) groups is 1. The van der Waals surface area contributed by atoms with Crippen LogP contribution in [-0.2, 0) is 11.2 Å². The van der Waals surface area contributed by atoms with Gasteiger partial charge >= 0.3 is 0 Å². The van der Waals surface area contributed by atoms with Crippen LogP contribution in [0.2, 0.25) is 0 Å². The summed E-state index contributed by atoms with van der Waals surface area (Å²) in [5.74, 6) is 0.277. The van der Waals surface area contributed by atoms with E-state index < -0.39 is 6.04 Å². The summed E-state index contributed by atoms with van der Waals surface area (Å²) in [6.07, 6.45) is 0.538. The Balaban J connectivity index is 1.99. The summed E-state index contributed by atoms with van der Waals surface area (Å²) in [7, 11) is 0. The van der Waals surface area contributed by atoms with E-state index in [0.717, 1.165) is 11.3 Å². The van der Waals surface area contributed by atoms with E-state index in [1.165, 1.54) is 5.56 Å². The van der Waals surface area contributed by atoms with Gasteiger partial charge in [-0.3, -0.25) is 4.79 Å². The van der Waals surface area contributed by atoms with Crippen molar-refractivity contribution in [3.8, 4) is 0 Å². The Morgan fingerprint density at radius 3 is 2.48 bits per heavy atom. The van der Waals surface area contributed by atoms with Gasteiger partial charge < -0.3 is 11.1 Å². The van der Waals surface area contributed by atoms with Gasteiger partial charge in [-0.15, -0.1) is 0 Å². The zero-order valence-corrected chi connectivity index (χ0v) is 12.5. The molecular weight excluding hydrogens is 260 g/mol. The second-order valence-electron chi connectivity index (χ2n) is 5.57. The molecule has 110 valence electrons. The summed E-state index contributed by atoms with van der Waals surface area (Å²) in [5, 5.41) is 2.89. The lowest BCUT2D eigenvalue weighted by Crippen LogP contribution is -2.37. The SMILES string of the molecule is CC(C)c1cccc(NC(=O)[C@@H](N)Cc2ccccc2)c1. The Hall–Kier alpha value is -2.13. The van der Waals surface area contributed by atoms with Crippen molar-refractivity contribution >= 4 is 11.6 Å². The standard InChI is InChI=1S/C18H22N2O/c1-13(2)15-9-6-10-16(12-15)20-18(21)17(19)11-14-7-4-3-5-8-14/h3-10,12-13,17H,11,19H2,1-2H3,(H,20,21)/t17-/m0/s1. The Morgan fingerprint density at radius 2 is 1.81 bits per heavy atom. The molecule has 2 rings (SSSR count). The molecule has 0 radical (unpaired) electrons. The molecule has 0 fully saturated rings. The number of benzene rings is 2. The average molecular weight is 282 g/mol. The lowest BCUT2D eigenvalue weighted by Gasteiger charge is -2.14. The van der Waals surface area contributed by atoms with Crippen LogP contribution in [0.4, 0.5) is 5.69 Å². The van der Waals surface area contributed by atoms with E-state index in [1.54, 1.807) is 0 Å². The fraction of sp³-hybridized carbons (Fsp3) is 0.278. The monoisotopic (exact) mass is 282 g/mol. The van der Waals surface area contributed by atoms with Crippen molar-refractivity contribution in [2.45, 2.75) is 32.2 Å². The highest BCUT2D eigenvalue weighted by atomic mass is 16.2. The summed E-state index contributed by atoms with van der Waals surface area (Å²) in [4.78, 5) is 12.2. The molecule has 1 atom stereocenters. The first-order valence-electron chi connectivity index (χ1n) is 7.26. The van der Waals surface area contributed by atoms with Gasteiger partial charge in [-0.2, -0.15) is 0 Å². The molecule has 0 aliphatic rings. The number of anilines is 1. The predicted octanol–water partition coefficient (Wildman–Crippen LogP) is 3.32. The second-order valence-corrected chi connectivity index (χ2v) is 5.57. The van der Waals surface area contributed by atoms with Crippen LogP contribution in [0.15, 0.2) is 54.6 Å². The van der Waals surface area contributed by atoms with Crippen LogP contribution < -0.4 is 11.1 Å². The highest BCUT2D eigenvalue weighted by molar-refractivity contribution is 5.94. The molecule has 21 heavy (non-hydrogen) atoms. The molecule has 3 heteroatoms. The van der Waals surface area contributed by atoms with Crippen LogP contribution in [0.3, 0.4) is 0 Å². The van der Waals surface area contributed by atoms with E-state index in [4.69, 9.17) is 5.73 Å². The van der Waals surface area contributed by atoms with Gasteiger partial charge in [0, 0.05) is 5.69 Å². The molecule has 0 saturated carbocycles. The molecule has 2 aromatic rings. The number of nitrogens with two attached hydrogens (primary N) is 1. The lowest BCUT2D eigenvalue weighted by atomic mass is 10.0. The maximum atomic E-state index is 12.2. The first kappa shape index (κ1) is 15.3. The van der Waals surface area contributed by atoms with Crippen LogP contribution in [0.25, 0.3) is 0 Å². The third kappa shape index (κ3) is 4.43. The largest absolute Gasteiger partial charge is 0.325 e. The molecular formula is C18H22N2O. The first-order chi connectivity index (χ1) is 10.1. The van der Waals surface area contributed by atoms with Crippen LogP contribution in [0.1, 0.15) is 30.9 Å². The van der Waals surface area contributed by atoms with Gasteiger partial charge in [-0.05, 0) is 35.6 Å². The molecule has 0 aliphatic heterocycles. The molecule has 1 amide bonds. The lowest BCUT2D eigenvalue weighted by molar-refractivity contribution is -0.117. The van der Waals surface area contributed by atoms with E-state index in [-0.39, 0.29) is 5.91 Å². The quantitative estimate of drug-likeness (QED) is 0.884.